The van der Waals surface area contributed by atoms with Gasteiger partial charge < -0.3 is 10.6 Å². The molecule has 3 rings (SSSR count). The van der Waals surface area contributed by atoms with Crippen LogP contribution in [0.5, 0.6) is 0 Å². The Morgan fingerprint density at radius 3 is 1.97 bits per heavy atom. The Morgan fingerprint density at radius 2 is 1.34 bits per heavy atom. The van der Waals surface area contributed by atoms with Crippen molar-refractivity contribution >= 4 is 40.4 Å². The predicted molar refractivity (Wildman–Crippen MR) is 106 cm³/mol. The summed E-state index contributed by atoms with van der Waals surface area (Å²) in [5, 5.41) is 12.6. The molecule has 0 spiro atoms. The van der Waals surface area contributed by atoms with E-state index >= 15 is 0 Å². The molecule has 3 aromatic carbocycles. The van der Waals surface area contributed by atoms with E-state index in [4.69, 9.17) is 11.6 Å². The highest BCUT2D eigenvalue weighted by atomic mass is 35.5. The van der Waals surface area contributed by atoms with Crippen LogP contribution in [-0.2, 0) is 6.18 Å². The Morgan fingerprint density at radius 1 is 0.793 bits per heavy atom. The molecular formula is C20H14ClF3N4O. The van der Waals surface area contributed by atoms with Crippen molar-refractivity contribution in [3.8, 4) is 0 Å². The van der Waals surface area contributed by atoms with Gasteiger partial charge in [-0.15, -0.1) is 0 Å². The van der Waals surface area contributed by atoms with Crippen LogP contribution >= 0.6 is 11.6 Å². The van der Waals surface area contributed by atoms with E-state index in [0.29, 0.717) is 17.1 Å². The number of nitrogens with one attached hydrogen (secondary N) is 2. The van der Waals surface area contributed by atoms with Crippen LogP contribution in [0, 0.1) is 0 Å². The Kier molecular flexibility index (Phi) is 6.13. The topological polar surface area (TPSA) is 65.8 Å². The lowest BCUT2D eigenvalue weighted by Crippen LogP contribution is -2.19. The second-order valence-electron chi connectivity index (χ2n) is 5.85. The quantitative estimate of drug-likeness (QED) is 0.425. The lowest BCUT2D eigenvalue weighted by atomic mass is 10.2. The average Bonchev–Trinajstić information content (AvgIpc) is 2.69. The van der Waals surface area contributed by atoms with Crippen molar-refractivity contribution in [1.82, 2.24) is 0 Å². The van der Waals surface area contributed by atoms with E-state index in [9.17, 15) is 18.0 Å². The molecule has 0 saturated carbocycles. The van der Waals surface area contributed by atoms with Crippen molar-refractivity contribution in [2.75, 3.05) is 10.6 Å². The summed E-state index contributed by atoms with van der Waals surface area (Å²) in [6.07, 6.45) is -4.62. The van der Waals surface area contributed by atoms with Crippen molar-refractivity contribution in [1.29, 1.82) is 0 Å². The summed E-state index contributed by atoms with van der Waals surface area (Å²) in [7, 11) is 0. The first-order chi connectivity index (χ1) is 13.8. The molecule has 29 heavy (non-hydrogen) atoms. The predicted octanol–water partition coefficient (Wildman–Crippen LogP) is 7.42. The van der Waals surface area contributed by atoms with Gasteiger partial charge in [0.05, 0.1) is 22.0 Å². The van der Waals surface area contributed by atoms with E-state index in [0.717, 1.165) is 12.1 Å². The fourth-order valence-electron chi connectivity index (χ4n) is 2.34. The maximum absolute atomic E-state index is 12.9. The Balaban J connectivity index is 1.62. The zero-order chi connectivity index (χ0) is 20.9. The number of nitrogens with zero attached hydrogens (tertiary/aromatic N) is 2. The number of anilines is 2. The smallest absolute Gasteiger partial charge is 0.308 e. The van der Waals surface area contributed by atoms with Crippen LogP contribution < -0.4 is 10.6 Å². The maximum Gasteiger partial charge on any atom is 0.417 e. The van der Waals surface area contributed by atoms with E-state index in [1.807, 2.05) is 30.3 Å². The zero-order valence-corrected chi connectivity index (χ0v) is 15.5. The van der Waals surface area contributed by atoms with Gasteiger partial charge in [0.25, 0.3) is 0 Å². The third-order valence-corrected chi connectivity index (χ3v) is 4.02. The molecule has 0 aliphatic rings. The van der Waals surface area contributed by atoms with Crippen molar-refractivity contribution in [3.63, 3.8) is 0 Å². The summed E-state index contributed by atoms with van der Waals surface area (Å²) >= 11 is 5.56. The van der Waals surface area contributed by atoms with Crippen molar-refractivity contribution in [3.05, 3.63) is 83.4 Å². The summed E-state index contributed by atoms with van der Waals surface area (Å²) < 4.78 is 38.7. The van der Waals surface area contributed by atoms with Crippen LogP contribution in [0.25, 0.3) is 0 Å². The van der Waals surface area contributed by atoms with Gasteiger partial charge in [0, 0.05) is 11.4 Å². The third-order valence-electron chi connectivity index (χ3n) is 3.69. The first-order valence-electron chi connectivity index (χ1n) is 8.33. The molecule has 0 fully saturated rings. The lowest BCUT2D eigenvalue weighted by molar-refractivity contribution is -0.137. The number of hydrogen-bond donors (Lipinski definition) is 2. The molecule has 0 aliphatic heterocycles. The molecule has 0 atom stereocenters. The number of amides is 2. The van der Waals surface area contributed by atoms with Crippen molar-refractivity contribution in [2.45, 2.75) is 6.18 Å². The molecular weight excluding hydrogens is 405 g/mol. The van der Waals surface area contributed by atoms with Crippen molar-refractivity contribution < 1.29 is 18.0 Å². The average molecular weight is 419 g/mol. The van der Waals surface area contributed by atoms with Gasteiger partial charge >= 0.3 is 12.2 Å². The number of azo groups is 1. The fourth-order valence-corrected chi connectivity index (χ4v) is 2.56. The molecule has 2 N–H and O–H groups in total. The molecule has 148 valence electrons. The molecule has 5 nitrogen and oxygen atoms in total. The van der Waals surface area contributed by atoms with Gasteiger partial charge in [0.2, 0.25) is 0 Å². The number of urea groups is 1. The van der Waals surface area contributed by atoms with Gasteiger partial charge in [-0.05, 0) is 54.6 Å². The lowest BCUT2D eigenvalue weighted by Gasteiger charge is -2.12. The van der Waals surface area contributed by atoms with Gasteiger partial charge in [-0.3, -0.25) is 0 Å². The van der Waals surface area contributed by atoms with Crippen LogP contribution in [0.1, 0.15) is 5.56 Å². The van der Waals surface area contributed by atoms with Crippen LogP contribution in [0.2, 0.25) is 5.02 Å². The monoisotopic (exact) mass is 418 g/mol. The molecule has 0 bridgehead atoms. The summed E-state index contributed by atoms with van der Waals surface area (Å²) in [4.78, 5) is 12.0. The van der Waals surface area contributed by atoms with Crippen LogP contribution in [0.15, 0.2) is 83.0 Å². The number of alkyl halides is 3. The van der Waals surface area contributed by atoms with Gasteiger partial charge in [0.15, 0.2) is 0 Å². The summed E-state index contributed by atoms with van der Waals surface area (Å²) in [6, 6.07) is 18.1. The highest BCUT2D eigenvalue weighted by molar-refractivity contribution is 6.31. The molecule has 0 saturated heterocycles. The van der Waals surface area contributed by atoms with E-state index < -0.39 is 22.8 Å². The third kappa shape index (κ3) is 5.79. The standard InChI is InChI=1S/C20H14ClF3N4O/c21-18-11-10-16(12-17(18)20(22,23)24)26-19(29)25-13-6-8-15(9-7-13)28-27-14-4-2-1-3-5-14/h1-12H,(H2,25,26,29)/b28-27+. The highest BCUT2D eigenvalue weighted by Crippen LogP contribution is 2.36. The molecule has 9 heteroatoms. The van der Waals surface area contributed by atoms with Gasteiger partial charge in [-0.1, -0.05) is 29.8 Å². The second-order valence-corrected chi connectivity index (χ2v) is 6.26. The molecule has 0 heterocycles. The number of carbonyl (C=O) groups excluding carboxylic acids is 1. The zero-order valence-electron chi connectivity index (χ0n) is 14.7. The van der Waals surface area contributed by atoms with E-state index in [1.165, 1.54) is 6.07 Å². The Labute approximate surface area is 169 Å². The van der Waals surface area contributed by atoms with E-state index in [1.54, 1.807) is 24.3 Å². The minimum atomic E-state index is -4.62. The summed E-state index contributed by atoms with van der Waals surface area (Å²) in [6.45, 7) is 0. The number of carbonyl (C=O) groups is 1. The number of halogens is 4. The first-order valence-corrected chi connectivity index (χ1v) is 8.71. The van der Waals surface area contributed by atoms with Crippen LogP contribution in [0.4, 0.5) is 40.7 Å². The molecule has 2 amide bonds. The second kappa shape index (κ2) is 8.74. The molecule has 0 radical (unpaired) electrons. The Bertz CT molecular complexity index is 1020. The molecule has 0 aromatic heterocycles. The minimum absolute atomic E-state index is 0.0347. The minimum Gasteiger partial charge on any atom is -0.308 e. The van der Waals surface area contributed by atoms with Crippen molar-refractivity contribution in [2.24, 2.45) is 10.2 Å². The SMILES string of the molecule is O=C(Nc1ccc(/N=N/c2ccccc2)cc1)Nc1ccc(Cl)c(C(F)(F)F)c1. The Hall–Kier alpha value is -3.39. The van der Waals surface area contributed by atoms with Crippen LogP contribution in [-0.4, -0.2) is 6.03 Å². The molecule has 0 unspecified atom stereocenters. The molecule has 0 aliphatic carbocycles. The van der Waals surface area contributed by atoms with Gasteiger partial charge in [0.1, 0.15) is 0 Å². The number of rotatable bonds is 4. The summed E-state index contributed by atoms with van der Waals surface area (Å²) in [5.41, 5.74) is 0.659. The normalized spacial score (nSPS) is 11.4. The van der Waals surface area contributed by atoms with E-state index in [-0.39, 0.29) is 5.69 Å². The number of benzene rings is 3. The van der Waals surface area contributed by atoms with E-state index in [2.05, 4.69) is 20.9 Å². The van der Waals surface area contributed by atoms with Crippen LogP contribution in [0.3, 0.4) is 0 Å². The van der Waals surface area contributed by atoms with Gasteiger partial charge in [-0.25, -0.2) is 4.79 Å². The number of hydrogen-bond acceptors (Lipinski definition) is 3. The first kappa shape index (κ1) is 20.3. The molecule has 3 aromatic rings. The highest BCUT2D eigenvalue weighted by Gasteiger charge is 2.33. The van der Waals surface area contributed by atoms with Gasteiger partial charge in [-0.2, -0.15) is 23.4 Å². The largest absolute Gasteiger partial charge is 0.417 e. The fraction of sp³-hybridized carbons (Fsp3) is 0.0500. The summed E-state index contributed by atoms with van der Waals surface area (Å²) in [5.74, 6) is 0. The maximum atomic E-state index is 12.9.